The number of nitrogen functional groups attached to an aromatic ring is 1. The van der Waals surface area contributed by atoms with Crippen LogP contribution in [0.1, 0.15) is 0 Å². The van der Waals surface area contributed by atoms with E-state index in [0.29, 0.717) is 17.1 Å². The van der Waals surface area contributed by atoms with E-state index in [-0.39, 0.29) is 10.7 Å². The Balaban J connectivity index is 2.34. The second kappa shape index (κ2) is 5.72. The maximum absolute atomic E-state index is 13.3. The Kier molecular flexibility index (Phi) is 4.02. The summed E-state index contributed by atoms with van der Waals surface area (Å²) >= 11 is 5.58. The van der Waals surface area contributed by atoms with Crippen LogP contribution in [0, 0.1) is 15.9 Å². The second-order valence-electron chi connectivity index (χ2n) is 3.92. The van der Waals surface area contributed by atoms with Gasteiger partial charge in [-0.05, 0) is 24.3 Å². The van der Waals surface area contributed by atoms with E-state index in [1.165, 1.54) is 24.3 Å². The van der Waals surface area contributed by atoms with E-state index >= 15 is 0 Å². The SMILES string of the molecule is NNc1cc(Nc2ccc(Cl)c(F)c2)cc([N+](=O)[O-])c1. The van der Waals surface area contributed by atoms with Gasteiger partial charge in [-0.25, -0.2) is 4.39 Å². The lowest BCUT2D eigenvalue weighted by molar-refractivity contribution is -0.384. The number of benzene rings is 2. The molecule has 0 radical (unpaired) electrons. The molecule has 0 aliphatic rings. The summed E-state index contributed by atoms with van der Waals surface area (Å²) in [7, 11) is 0. The number of nitrogens with two attached hydrogens (primary N) is 1. The number of non-ortho nitro benzene ring substituents is 1. The van der Waals surface area contributed by atoms with E-state index in [9.17, 15) is 14.5 Å². The summed E-state index contributed by atoms with van der Waals surface area (Å²) in [5.74, 6) is 4.66. The molecule has 0 fully saturated rings. The number of nitrogens with one attached hydrogen (secondary N) is 2. The number of hydrazine groups is 1. The third-order valence-corrected chi connectivity index (χ3v) is 2.81. The van der Waals surface area contributed by atoms with E-state index in [1.54, 1.807) is 12.1 Å². The molecular weight excluding hydrogens is 287 g/mol. The molecule has 104 valence electrons. The number of nitrogens with zero attached hydrogens (tertiary/aromatic N) is 1. The van der Waals surface area contributed by atoms with Crippen molar-refractivity contribution >= 4 is 34.4 Å². The molecule has 0 saturated heterocycles. The van der Waals surface area contributed by atoms with Gasteiger partial charge in [-0.3, -0.25) is 16.0 Å². The molecule has 0 unspecified atom stereocenters. The highest BCUT2D eigenvalue weighted by Crippen LogP contribution is 2.27. The number of halogens is 2. The third kappa shape index (κ3) is 3.14. The maximum Gasteiger partial charge on any atom is 0.273 e. The Hall–Kier alpha value is -2.38. The van der Waals surface area contributed by atoms with Crippen LogP contribution in [0.25, 0.3) is 0 Å². The summed E-state index contributed by atoms with van der Waals surface area (Å²) in [5.41, 5.74) is 3.35. The summed E-state index contributed by atoms with van der Waals surface area (Å²) in [6.07, 6.45) is 0. The van der Waals surface area contributed by atoms with Gasteiger partial charge < -0.3 is 10.7 Å². The molecule has 0 atom stereocenters. The Morgan fingerprint density at radius 1 is 1.15 bits per heavy atom. The van der Waals surface area contributed by atoms with Gasteiger partial charge in [-0.15, -0.1) is 0 Å². The summed E-state index contributed by atoms with van der Waals surface area (Å²) in [4.78, 5) is 10.3. The number of hydrogen-bond donors (Lipinski definition) is 3. The van der Waals surface area contributed by atoms with Crippen LogP contribution >= 0.6 is 11.6 Å². The molecule has 0 aliphatic heterocycles. The number of rotatable bonds is 4. The predicted molar refractivity (Wildman–Crippen MR) is 75.6 cm³/mol. The van der Waals surface area contributed by atoms with E-state index < -0.39 is 10.7 Å². The number of nitro groups is 1. The third-order valence-electron chi connectivity index (χ3n) is 2.50. The lowest BCUT2D eigenvalue weighted by Gasteiger charge is -2.09. The van der Waals surface area contributed by atoms with Gasteiger partial charge in [0.1, 0.15) is 5.82 Å². The normalized spacial score (nSPS) is 10.2. The molecule has 0 heterocycles. The molecule has 2 aromatic carbocycles. The first-order valence-corrected chi connectivity index (χ1v) is 5.85. The zero-order valence-corrected chi connectivity index (χ0v) is 10.8. The van der Waals surface area contributed by atoms with Gasteiger partial charge in [-0.1, -0.05) is 11.6 Å². The highest BCUT2D eigenvalue weighted by atomic mass is 35.5. The van der Waals surface area contributed by atoms with Gasteiger partial charge in [0.15, 0.2) is 0 Å². The zero-order chi connectivity index (χ0) is 14.7. The predicted octanol–water partition coefficient (Wildman–Crippen LogP) is 3.42. The van der Waals surface area contributed by atoms with Crippen LogP contribution in [0.4, 0.5) is 27.1 Å². The van der Waals surface area contributed by atoms with Gasteiger partial charge in [0.25, 0.3) is 5.69 Å². The van der Waals surface area contributed by atoms with Gasteiger partial charge in [0.2, 0.25) is 0 Å². The summed E-state index contributed by atoms with van der Waals surface area (Å²) in [6, 6.07) is 8.29. The first kappa shape index (κ1) is 14.0. The molecule has 0 aliphatic carbocycles. The van der Waals surface area contributed by atoms with Crippen LogP contribution in [0.3, 0.4) is 0 Å². The molecule has 6 nitrogen and oxygen atoms in total. The van der Waals surface area contributed by atoms with Crippen molar-refractivity contribution < 1.29 is 9.31 Å². The van der Waals surface area contributed by atoms with Crippen molar-refractivity contribution in [2.45, 2.75) is 0 Å². The molecular formula is C12H10ClFN4O2. The van der Waals surface area contributed by atoms with Crippen molar-refractivity contribution in [3.63, 3.8) is 0 Å². The Morgan fingerprint density at radius 3 is 2.45 bits per heavy atom. The van der Waals surface area contributed by atoms with E-state index in [0.717, 1.165) is 0 Å². The topological polar surface area (TPSA) is 93.2 Å². The highest BCUT2D eigenvalue weighted by molar-refractivity contribution is 6.30. The monoisotopic (exact) mass is 296 g/mol. The first-order valence-electron chi connectivity index (χ1n) is 5.48. The Labute approximate surface area is 118 Å². The fourth-order valence-corrected chi connectivity index (χ4v) is 1.73. The van der Waals surface area contributed by atoms with E-state index in [2.05, 4.69) is 10.7 Å². The maximum atomic E-state index is 13.3. The quantitative estimate of drug-likeness (QED) is 0.456. The van der Waals surface area contributed by atoms with E-state index in [1.807, 2.05) is 0 Å². The fraction of sp³-hybridized carbons (Fsp3) is 0. The molecule has 20 heavy (non-hydrogen) atoms. The smallest absolute Gasteiger partial charge is 0.273 e. The standard InChI is InChI=1S/C12H10ClFN4O2/c13-11-2-1-7(6-12(11)14)16-8-3-9(17-15)5-10(4-8)18(19)20/h1-6,16-17H,15H2. The van der Waals surface area contributed by atoms with Crippen LogP contribution in [0.15, 0.2) is 36.4 Å². The minimum atomic E-state index is -0.584. The first-order chi connectivity index (χ1) is 9.49. The van der Waals surface area contributed by atoms with Crippen LogP contribution in [-0.4, -0.2) is 4.92 Å². The van der Waals surface area contributed by atoms with Gasteiger partial charge in [-0.2, -0.15) is 0 Å². The van der Waals surface area contributed by atoms with Gasteiger partial charge in [0, 0.05) is 23.5 Å². The molecule has 4 N–H and O–H groups in total. The van der Waals surface area contributed by atoms with Crippen LogP contribution in [-0.2, 0) is 0 Å². The summed E-state index contributed by atoms with van der Waals surface area (Å²) < 4.78 is 13.3. The van der Waals surface area contributed by atoms with Crippen LogP contribution in [0.2, 0.25) is 5.02 Å². The summed E-state index contributed by atoms with van der Waals surface area (Å²) in [5, 5.41) is 13.6. The van der Waals surface area contributed by atoms with Gasteiger partial charge in [0.05, 0.1) is 15.6 Å². The average Bonchev–Trinajstić information content (AvgIpc) is 2.42. The largest absolute Gasteiger partial charge is 0.355 e. The minimum absolute atomic E-state index is 0.00101. The van der Waals surface area contributed by atoms with Crippen molar-refractivity contribution in [1.82, 2.24) is 0 Å². The molecule has 2 aromatic rings. The molecule has 0 amide bonds. The van der Waals surface area contributed by atoms with Crippen LogP contribution < -0.4 is 16.6 Å². The number of anilines is 3. The van der Waals surface area contributed by atoms with Crippen LogP contribution in [0.5, 0.6) is 0 Å². The number of nitro benzene ring substituents is 1. The lowest BCUT2D eigenvalue weighted by Crippen LogP contribution is -2.07. The molecule has 0 aromatic heterocycles. The van der Waals surface area contributed by atoms with Crippen molar-refractivity contribution in [1.29, 1.82) is 0 Å². The Morgan fingerprint density at radius 2 is 1.85 bits per heavy atom. The van der Waals surface area contributed by atoms with E-state index in [4.69, 9.17) is 17.4 Å². The van der Waals surface area contributed by atoms with Gasteiger partial charge >= 0.3 is 0 Å². The molecule has 8 heteroatoms. The average molecular weight is 297 g/mol. The summed E-state index contributed by atoms with van der Waals surface area (Å²) in [6.45, 7) is 0. The molecule has 0 bridgehead atoms. The second-order valence-corrected chi connectivity index (χ2v) is 4.33. The Bertz CT molecular complexity index is 666. The minimum Gasteiger partial charge on any atom is -0.355 e. The van der Waals surface area contributed by atoms with Crippen molar-refractivity contribution in [2.24, 2.45) is 5.84 Å². The number of hydrogen-bond acceptors (Lipinski definition) is 5. The highest BCUT2D eigenvalue weighted by Gasteiger charge is 2.10. The zero-order valence-electron chi connectivity index (χ0n) is 10.1. The lowest BCUT2D eigenvalue weighted by atomic mass is 10.2. The van der Waals surface area contributed by atoms with Crippen molar-refractivity contribution in [2.75, 3.05) is 10.7 Å². The van der Waals surface area contributed by atoms with Crippen molar-refractivity contribution in [3.05, 3.63) is 57.4 Å². The molecule has 0 saturated carbocycles. The fourth-order valence-electron chi connectivity index (χ4n) is 1.61. The molecule has 2 rings (SSSR count). The van der Waals surface area contributed by atoms with Crippen molar-refractivity contribution in [3.8, 4) is 0 Å². The molecule has 0 spiro atoms.